The number of hydrogen-bond donors (Lipinski definition) is 2. The minimum Gasteiger partial charge on any atom is -0.508 e. The van der Waals surface area contributed by atoms with Gasteiger partial charge in [-0.2, -0.15) is 0 Å². The molecule has 1 saturated heterocycles. The predicted molar refractivity (Wildman–Crippen MR) is 78.3 cm³/mol. The first kappa shape index (κ1) is 15.4. The van der Waals surface area contributed by atoms with Crippen molar-refractivity contribution in [3.05, 3.63) is 29.3 Å². The van der Waals surface area contributed by atoms with E-state index in [4.69, 9.17) is 0 Å². The highest BCUT2D eigenvalue weighted by atomic mass is 16.4. The number of aromatic hydroxyl groups is 1. The molecular formula is C16H21NO4. The summed E-state index contributed by atoms with van der Waals surface area (Å²) in [7, 11) is 0. The van der Waals surface area contributed by atoms with Crippen LogP contribution in [0.15, 0.2) is 18.2 Å². The fourth-order valence-corrected chi connectivity index (χ4v) is 3.09. The van der Waals surface area contributed by atoms with Crippen LogP contribution < -0.4 is 0 Å². The van der Waals surface area contributed by atoms with Crippen LogP contribution in [0.1, 0.15) is 42.6 Å². The third kappa shape index (κ3) is 2.73. The second kappa shape index (κ2) is 5.39. The monoisotopic (exact) mass is 291 g/mol. The van der Waals surface area contributed by atoms with Gasteiger partial charge in [-0.1, -0.05) is 19.9 Å². The van der Waals surface area contributed by atoms with Gasteiger partial charge < -0.3 is 15.1 Å². The molecule has 0 bridgehead atoms. The molecule has 1 fully saturated rings. The van der Waals surface area contributed by atoms with E-state index in [1.54, 1.807) is 19.1 Å². The summed E-state index contributed by atoms with van der Waals surface area (Å²) < 4.78 is 0. The van der Waals surface area contributed by atoms with Crippen molar-refractivity contribution in [3.8, 4) is 5.75 Å². The number of carboxylic acids is 1. The van der Waals surface area contributed by atoms with E-state index in [1.165, 1.54) is 11.0 Å². The largest absolute Gasteiger partial charge is 0.508 e. The van der Waals surface area contributed by atoms with Crippen molar-refractivity contribution in [3.63, 3.8) is 0 Å². The van der Waals surface area contributed by atoms with Gasteiger partial charge in [-0.3, -0.25) is 4.79 Å². The molecule has 2 N–H and O–H groups in total. The topological polar surface area (TPSA) is 77.8 Å². The van der Waals surface area contributed by atoms with Crippen LogP contribution in [0.3, 0.4) is 0 Å². The molecule has 1 aliphatic heterocycles. The van der Waals surface area contributed by atoms with Crippen molar-refractivity contribution in [1.29, 1.82) is 0 Å². The van der Waals surface area contributed by atoms with E-state index in [2.05, 4.69) is 0 Å². The van der Waals surface area contributed by atoms with Gasteiger partial charge in [-0.25, -0.2) is 4.79 Å². The molecule has 1 atom stereocenters. The van der Waals surface area contributed by atoms with Gasteiger partial charge in [-0.05, 0) is 37.3 Å². The van der Waals surface area contributed by atoms with Crippen molar-refractivity contribution in [2.45, 2.75) is 39.7 Å². The Balaban J connectivity index is 2.41. The molecule has 1 aromatic rings. The second-order valence-corrected chi connectivity index (χ2v) is 6.28. The molecule has 1 heterocycles. The van der Waals surface area contributed by atoms with Crippen LogP contribution in [0, 0.1) is 12.3 Å². The Hall–Kier alpha value is -2.04. The van der Waals surface area contributed by atoms with E-state index in [1.807, 2.05) is 13.8 Å². The summed E-state index contributed by atoms with van der Waals surface area (Å²) in [4.78, 5) is 25.8. The Bertz CT molecular complexity index is 580. The van der Waals surface area contributed by atoms with Gasteiger partial charge in [0.25, 0.3) is 5.91 Å². The van der Waals surface area contributed by atoms with Crippen molar-refractivity contribution >= 4 is 11.9 Å². The summed E-state index contributed by atoms with van der Waals surface area (Å²) in [6.07, 6.45) is 1.55. The molecule has 5 heteroatoms. The number of benzene rings is 1. The zero-order valence-corrected chi connectivity index (χ0v) is 12.6. The first-order valence-corrected chi connectivity index (χ1v) is 7.08. The predicted octanol–water partition coefficient (Wildman–Crippen LogP) is 2.42. The average molecular weight is 291 g/mol. The summed E-state index contributed by atoms with van der Waals surface area (Å²) in [5, 5.41) is 19.3. The van der Waals surface area contributed by atoms with E-state index in [9.17, 15) is 19.8 Å². The number of aliphatic carboxylic acids is 1. The third-order valence-corrected chi connectivity index (χ3v) is 4.30. The highest BCUT2D eigenvalue weighted by Gasteiger charge is 2.44. The molecule has 1 aliphatic rings. The number of carboxylic acid groups (broad SMARTS) is 1. The maximum Gasteiger partial charge on any atom is 0.326 e. The molecule has 0 radical (unpaired) electrons. The standard InChI is InChI=1S/C16H21NO4/c1-10-11(6-4-7-12(10)18)14(19)17-9-5-8-16(2,3)13(17)15(20)21/h4,6-7,13,18H,5,8-9H2,1-3H3,(H,20,21). The van der Waals surface area contributed by atoms with Gasteiger partial charge >= 0.3 is 5.97 Å². The fraction of sp³-hybridized carbons (Fsp3) is 0.500. The van der Waals surface area contributed by atoms with Gasteiger partial charge in [0.2, 0.25) is 0 Å². The summed E-state index contributed by atoms with van der Waals surface area (Å²) in [5.74, 6) is -1.27. The lowest BCUT2D eigenvalue weighted by Crippen LogP contribution is -2.56. The van der Waals surface area contributed by atoms with Crippen molar-refractivity contribution in [1.82, 2.24) is 4.90 Å². The maximum absolute atomic E-state index is 12.7. The van der Waals surface area contributed by atoms with Gasteiger partial charge in [-0.15, -0.1) is 0 Å². The number of carbonyl (C=O) groups is 2. The van der Waals surface area contributed by atoms with Crippen LogP contribution in [-0.2, 0) is 4.79 Å². The van der Waals surface area contributed by atoms with Crippen LogP contribution in [0.5, 0.6) is 5.75 Å². The van der Waals surface area contributed by atoms with E-state index >= 15 is 0 Å². The highest BCUT2D eigenvalue weighted by molar-refractivity contribution is 5.98. The number of likely N-dealkylation sites (tertiary alicyclic amines) is 1. The first-order chi connectivity index (χ1) is 9.75. The molecule has 0 saturated carbocycles. The molecule has 0 spiro atoms. The molecule has 1 aromatic carbocycles. The minimum atomic E-state index is -0.981. The zero-order valence-electron chi connectivity index (χ0n) is 12.6. The number of phenols is 1. The quantitative estimate of drug-likeness (QED) is 0.877. The summed E-state index contributed by atoms with van der Waals surface area (Å²) in [5.41, 5.74) is 0.374. The Labute approximate surface area is 124 Å². The van der Waals surface area contributed by atoms with E-state index in [0.29, 0.717) is 17.7 Å². The van der Waals surface area contributed by atoms with E-state index in [0.717, 1.165) is 12.8 Å². The molecule has 2 rings (SSSR count). The molecule has 114 valence electrons. The number of piperidine rings is 1. The number of phenolic OH excluding ortho intramolecular Hbond substituents is 1. The SMILES string of the molecule is Cc1c(O)cccc1C(=O)N1CCCC(C)(C)C1C(=O)O. The number of amides is 1. The Morgan fingerprint density at radius 3 is 2.62 bits per heavy atom. The van der Waals surface area contributed by atoms with Gasteiger partial charge in [0.15, 0.2) is 0 Å². The Kier molecular flexibility index (Phi) is 3.94. The zero-order chi connectivity index (χ0) is 15.8. The Morgan fingerprint density at radius 1 is 1.33 bits per heavy atom. The third-order valence-electron chi connectivity index (χ3n) is 4.30. The molecule has 1 amide bonds. The average Bonchev–Trinajstić information content (AvgIpc) is 2.39. The van der Waals surface area contributed by atoms with Crippen LogP contribution >= 0.6 is 0 Å². The fourth-order valence-electron chi connectivity index (χ4n) is 3.09. The van der Waals surface area contributed by atoms with Crippen LogP contribution in [0.25, 0.3) is 0 Å². The highest BCUT2D eigenvalue weighted by Crippen LogP contribution is 2.36. The molecule has 1 unspecified atom stereocenters. The summed E-state index contributed by atoms with van der Waals surface area (Å²) in [6, 6.07) is 3.89. The lowest BCUT2D eigenvalue weighted by atomic mass is 9.76. The first-order valence-electron chi connectivity index (χ1n) is 7.08. The van der Waals surface area contributed by atoms with Gasteiger partial charge in [0.1, 0.15) is 11.8 Å². The normalized spacial score (nSPS) is 21.1. The molecule has 0 aliphatic carbocycles. The van der Waals surface area contributed by atoms with Crippen LogP contribution in [0.4, 0.5) is 0 Å². The van der Waals surface area contributed by atoms with Crippen molar-refractivity contribution in [2.75, 3.05) is 6.54 Å². The lowest BCUT2D eigenvalue weighted by molar-refractivity contribution is -0.148. The molecule has 5 nitrogen and oxygen atoms in total. The van der Waals surface area contributed by atoms with E-state index in [-0.39, 0.29) is 11.7 Å². The summed E-state index contributed by atoms with van der Waals surface area (Å²) in [6.45, 7) is 5.84. The molecule has 0 aromatic heterocycles. The summed E-state index contributed by atoms with van der Waals surface area (Å²) >= 11 is 0. The van der Waals surface area contributed by atoms with Crippen LogP contribution in [-0.4, -0.2) is 39.6 Å². The lowest BCUT2D eigenvalue weighted by Gasteiger charge is -2.44. The van der Waals surface area contributed by atoms with Crippen LogP contribution in [0.2, 0.25) is 0 Å². The number of carbonyl (C=O) groups excluding carboxylic acids is 1. The number of nitrogens with zero attached hydrogens (tertiary/aromatic N) is 1. The van der Waals surface area contributed by atoms with Gasteiger partial charge in [0.05, 0.1) is 0 Å². The Morgan fingerprint density at radius 2 is 2.00 bits per heavy atom. The molecular weight excluding hydrogens is 270 g/mol. The van der Waals surface area contributed by atoms with Crippen molar-refractivity contribution in [2.24, 2.45) is 5.41 Å². The maximum atomic E-state index is 12.7. The smallest absolute Gasteiger partial charge is 0.326 e. The van der Waals surface area contributed by atoms with Crippen molar-refractivity contribution < 1.29 is 19.8 Å². The van der Waals surface area contributed by atoms with Gasteiger partial charge in [0, 0.05) is 17.7 Å². The molecule has 21 heavy (non-hydrogen) atoms. The number of hydrogen-bond acceptors (Lipinski definition) is 3. The minimum absolute atomic E-state index is 0.0454. The second-order valence-electron chi connectivity index (χ2n) is 6.28. The van der Waals surface area contributed by atoms with E-state index < -0.39 is 17.4 Å². The number of rotatable bonds is 2.